The van der Waals surface area contributed by atoms with E-state index in [1.165, 1.54) is 12.1 Å². The number of nitrogens with one attached hydrogen (secondary N) is 2. The number of fused-ring (bicyclic) bond motifs is 1. The Morgan fingerprint density at radius 1 is 1.02 bits per heavy atom. The number of sulfone groups is 1. The molecule has 4 N–H and O–H groups in total. The molecule has 1 aromatic heterocycles. The molecular weight excluding hydrogens is 564 g/mol. The van der Waals surface area contributed by atoms with E-state index in [1.807, 2.05) is 6.07 Å². The van der Waals surface area contributed by atoms with Crippen LogP contribution in [-0.4, -0.2) is 61.8 Å². The van der Waals surface area contributed by atoms with Crippen LogP contribution in [0.1, 0.15) is 41.6 Å². The van der Waals surface area contributed by atoms with Crippen molar-refractivity contribution in [1.82, 2.24) is 15.1 Å². The van der Waals surface area contributed by atoms with Crippen LogP contribution in [0, 0.1) is 11.6 Å². The fraction of sp³-hybridized carbons (Fsp3) is 0.333. The number of primary amides is 1. The van der Waals surface area contributed by atoms with E-state index in [9.17, 15) is 22.0 Å². The lowest BCUT2D eigenvalue weighted by atomic mass is 9.94. The molecule has 3 heterocycles. The largest absolute Gasteiger partial charge is 0.381 e. The molecule has 4 aromatic rings. The molecule has 42 heavy (non-hydrogen) atoms. The van der Waals surface area contributed by atoms with Gasteiger partial charge in [-0.05, 0) is 80.7 Å². The number of aromatic nitrogens is 2. The number of hydrogen-bond donors (Lipinski definition) is 3. The van der Waals surface area contributed by atoms with Gasteiger partial charge in [-0.15, -0.1) is 0 Å². The highest BCUT2D eigenvalue weighted by Crippen LogP contribution is 2.40. The molecule has 0 spiro atoms. The summed E-state index contributed by atoms with van der Waals surface area (Å²) in [6, 6.07) is 10.2. The summed E-state index contributed by atoms with van der Waals surface area (Å²) >= 11 is 0. The first-order valence-corrected chi connectivity index (χ1v) is 15.4. The maximum atomic E-state index is 13.9. The minimum atomic E-state index is -4.27. The van der Waals surface area contributed by atoms with E-state index in [4.69, 9.17) is 10.5 Å². The van der Waals surface area contributed by atoms with Gasteiger partial charge in [-0.2, -0.15) is 5.10 Å². The van der Waals surface area contributed by atoms with E-state index in [0.717, 1.165) is 56.5 Å². The zero-order valence-corrected chi connectivity index (χ0v) is 23.6. The van der Waals surface area contributed by atoms with Gasteiger partial charge in [-0.25, -0.2) is 17.2 Å². The van der Waals surface area contributed by atoms with Crippen LogP contribution in [0.15, 0.2) is 58.3 Å². The number of halogens is 2. The summed E-state index contributed by atoms with van der Waals surface area (Å²) in [5.41, 5.74) is 9.26. The Labute approximate surface area is 242 Å². The van der Waals surface area contributed by atoms with E-state index >= 15 is 0 Å². The molecule has 2 saturated heterocycles. The van der Waals surface area contributed by atoms with Crippen LogP contribution in [0.2, 0.25) is 0 Å². The summed E-state index contributed by atoms with van der Waals surface area (Å²) < 4.78 is 60.3. The fourth-order valence-corrected chi connectivity index (χ4v) is 7.13. The highest BCUT2D eigenvalue weighted by atomic mass is 32.2. The van der Waals surface area contributed by atoms with E-state index in [1.54, 1.807) is 12.1 Å². The number of ether oxygens (including phenoxy) is 1. The number of carbonyl (C=O) groups excluding carboxylic acids is 1. The van der Waals surface area contributed by atoms with Gasteiger partial charge in [0.05, 0.1) is 26.6 Å². The molecule has 0 atom stereocenters. The maximum Gasteiger partial charge on any atom is 0.250 e. The van der Waals surface area contributed by atoms with Crippen LogP contribution in [0.3, 0.4) is 0 Å². The standard InChI is InChI=1S/C30H31F2N5O4S/c31-19-13-20(32)15-23(14-19)42(39,40)22-4-6-26-25(16-22)29(36-35-26)27-18(17-37-9-1-2-10-37)3-5-24(30(33)38)28(27)34-21-7-11-41-12-8-21/h3-6,13-16,21,34H,1-2,7-12,17H2,(H2,33,38)(H,35,36). The number of aromatic amines is 1. The molecule has 0 unspecified atom stereocenters. The van der Waals surface area contributed by atoms with Crippen LogP contribution < -0.4 is 11.1 Å². The smallest absolute Gasteiger partial charge is 0.250 e. The summed E-state index contributed by atoms with van der Waals surface area (Å²) in [7, 11) is -4.27. The highest BCUT2D eigenvalue weighted by molar-refractivity contribution is 7.91. The number of carbonyl (C=O) groups is 1. The number of anilines is 1. The van der Waals surface area contributed by atoms with Crippen LogP contribution >= 0.6 is 0 Å². The molecule has 2 fully saturated rings. The quantitative estimate of drug-likeness (QED) is 0.271. The second-order valence-corrected chi connectivity index (χ2v) is 12.7. The highest BCUT2D eigenvalue weighted by Gasteiger charge is 2.27. The molecule has 2 aliphatic heterocycles. The zero-order valence-electron chi connectivity index (χ0n) is 22.8. The average Bonchev–Trinajstić information content (AvgIpc) is 3.63. The molecule has 3 aromatic carbocycles. The van der Waals surface area contributed by atoms with Crippen LogP contribution in [0.4, 0.5) is 14.5 Å². The van der Waals surface area contributed by atoms with Crippen molar-refractivity contribution in [3.63, 3.8) is 0 Å². The van der Waals surface area contributed by atoms with E-state index in [0.29, 0.717) is 59.2 Å². The van der Waals surface area contributed by atoms with Crippen LogP contribution in [-0.2, 0) is 21.1 Å². The molecule has 0 bridgehead atoms. The Morgan fingerprint density at radius 2 is 1.74 bits per heavy atom. The number of hydrogen-bond acceptors (Lipinski definition) is 7. The number of rotatable bonds is 8. The molecule has 0 saturated carbocycles. The first kappa shape index (κ1) is 28.3. The Morgan fingerprint density at radius 3 is 2.43 bits per heavy atom. The molecule has 12 heteroatoms. The lowest BCUT2D eigenvalue weighted by Crippen LogP contribution is -2.30. The number of benzene rings is 3. The first-order valence-electron chi connectivity index (χ1n) is 13.9. The van der Waals surface area contributed by atoms with Gasteiger partial charge in [0.1, 0.15) is 17.3 Å². The number of likely N-dealkylation sites (tertiary alicyclic amines) is 1. The van der Waals surface area contributed by atoms with Crippen molar-refractivity contribution in [3.05, 3.63) is 71.3 Å². The Kier molecular flexibility index (Phi) is 7.69. The lowest BCUT2D eigenvalue weighted by molar-refractivity contribution is 0.0904. The third-order valence-electron chi connectivity index (χ3n) is 7.95. The Bertz CT molecular complexity index is 1740. The fourth-order valence-electron chi connectivity index (χ4n) is 5.80. The molecule has 220 valence electrons. The molecule has 1 amide bonds. The van der Waals surface area contributed by atoms with E-state index in [-0.39, 0.29) is 10.9 Å². The molecule has 0 radical (unpaired) electrons. The Hall–Kier alpha value is -3.87. The van der Waals surface area contributed by atoms with Crippen molar-refractivity contribution in [1.29, 1.82) is 0 Å². The van der Waals surface area contributed by atoms with E-state index < -0.39 is 32.3 Å². The number of amides is 1. The first-order chi connectivity index (χ1) is 20.2. The second kappa shape index (κ2) is 11.4. The normalized spacial score (nSPS) is 16.7. The van der Waals surface area contributed by atoms with Crippen molar-refractivity contribution in [2.75, 3.05) is 31.6 Å². The minimum absolute atomic E-state index is 0.0293. The molecule has 2 aliphatic rings. The lowest BCUT2D eigenvalue weighted by Gasteiger charge is -2.28. The number of H-pyrrole nitrogens is 1. The second-order valence-electron chi connectivity index (χ2n) is 10.8. The van der Waals surface area contributed by atoms with E-state index in [2.05, 4.69) is 20.4 Å². The summed E-state index contributed by atoms with van der Waals surface area (Å²) in [5, 5.41) is 11.6. The molecule has 6 rings (SSSR count). The summed E-state index contributed by atoms with van der Waals surface area (Å²) in [4.78, 5) is 14.4. The molecule has 0 aliphatic carbocycles. The van der Waals surface area contributed by atoms with Crippen LogP contribution in [0.25, 0.3) is 22.2 Å². The predicted molar refractivity (Wildman–Crippen MR) is 154 cm³/mol. The van der Waals surface area contributed by atoms with Gasteiger partial charge in [-0.3, -0.25) is 14.8 Å². The van der Waals surface area contributed by atoms with Crippen molar-refractivity contribution in [2.45, 2.75) is 48.1 Å². The van der Waals surface area contributed by atoms with Gasteiger partial charge in [0, 0.05) is 42.8 Å². The summed E-state index contributed by atoms with van der Waals surface area (Å²) in [6.45, 7) is 3.65. The van der Waals surface area contributed by atoms with Gasteiger partial charge in [0.25, 0.3) is 5.91 Å². The topological polar surface area (TPSA) is 130 Å². The SMILES string of the molecule is NC(=O)c1ccc(CN2CCCC2)c(-c2n[nH]c3ccc(S(=O)(=O)c4cc(F)cc(F)c4)cc23)c1NC1CCOCC1. The third-order valence-corrected chi connectivity index (χ3v) is 9.68. The minimum Gasteiger partial charge on any atom is -0.381 e. The number of nitrogens with two attached hydrogens (primary N) is 1. The molecule has 9 nitrogen and oxygen atoms in total. The zero-order chi connectivity index (χ0) is 29.4. The summed E-state index contributed by atoms with van der Waals surface area (Å²) in [6.07, 6.45) is 3.66. The van der Waals surface area contributed by atoms with Crippen molar-refractivity contribution >= 4 is 32.3 Å². The van der Waals surface area contributed by atoms with Crippen molar-refractivity contribution < 1.29 is 26.7 Å². The van der Waals surface area contributed by atoms with Crippen molar-refractivity contribution in [2.24, 2.45) is 5.73 Å². The van der Waals surface area contributed by atoms with Gasteiger partial charge >= 0.3 is 0 Å². The van der Waals surface area contributed by atoms with Crippen LogP contribution in [0.5, 0.6) is 0 Å². The Balaban J connectivity index is 1.54. The predicted octanol–water partition coefficient (Wildman–Crippen LogP) is 4.63. The average molecular weight is 596 g/mol. The van der Waals surface area contributed by atoms with Gasteiger partial charge in [0.15, 0.2) is 0 Å². The monoisotopic (exact) mass is 595 g/mol. The number of nitrogens with zero attached hydrogens (tertiary/aromatic N) is 2. The van der Waals surface area contributed by atoms with Crippen molar-refractivity contribution in [3.8, 4) is 11.3 Å². The van der Waals surface area contributed by atoms with Gasteiger partial charge in [0.2, 0.25) is 9.84 Å². The summed E-state index contributed by atoms with van der Waals surface area (Å²) in [5.74, 6) is -2.58. The van der Waals surface area contributed by atoms with Gasteiger partial charge in [-0.1, -0.05) is 6.07 Å². The van der Waals surface area contributed by atoms with Gasteiger partial charge < -0.3 is 15.8 Å². The third kappa shape index (κ3) is 5.49. The molecular formula is C30H31F2N5O4S. The maximum absolute atomic E-state index is 13.9.